The van der Waals surface area contributed by atoms with Crippen molar-refractivity contribution in [2.24, 2.45) is 5.73 Å². The summed E-state index contributed by atoms with van der Waals surface area (Å²) in [5.41, 5.74) is 8.23. The lowest BCUT2D eigenvalue weighted by Crippen LogP contribution is -2.34. The first kappa shape index (κ1) is 12.6. The van der Waals surface area contributed by atoms with Crippen LogP contribution in [-0.2, 0) is 11.2 Å². The smallest absolute Gasteiger partial charge is 0.339 e. The average Bonchev–Trinajstić information content (AvgIpc) is 2.69. The Bertz CT molecular complexity index is 579. The molecule has 1 aromatic heterocycles. The summed E-state index contributed by atoms with van der Waals surface area (Å²) in [5, 5.41) is 1.02. The number of H-pyrrole nitrogens is 1. The molecule has 2 aromatic rings. The normalized spacial score (nSPS) is 11.8. The molecule has 0 unspecified atom stereocenters. The second kappa shape index (κ2) is 4.46. The van der Waals surface area contributed by atoms with Crippen molar-refractivity contribution >= 4 is 16.9 Å². The Hall–Kier alpha value is -1.81. The van der Waals surface area contributed by atoms with Crippen LogP contribution in [0.3, 0.4) is 0 Å². The number of hydrogen-bond acceptors (Lipinski definition) is 3. The van der Waals surface area contributed by atoms with Crippen LogP contribution < -0.4 is 5.73 Å². The molecule has 0 saturated carbocycles. The van der Waals surface area contributed by atoms with E-state index in [1.807, 2.05) is 32.2 Å². The molecule has 3 N–H and O–H groups in total. The summed E-state index contributed by atoms with van der Waals surface area (Å²) in [6, 6.07) is 5.59. The fraction of sp³-hybridized carbons (Fsp3) is 0.357. The van der Waals surface area contributed by atoms with Gasteiger partial charge >= 0.3 is 5.97 Å². The number of nitrogens with two attached hydrogens (primary N) is 1. The Balaban J connectivity index is 2.52. The molecule has 0 aliphatic rings. The van der Waals surface area contributed by atoms with E-state index in [9.17, 15) is 4.79 Å². The third kappa shape index (κ3) is 2.38. The van der Waals surface area contributed by atoms with Gasteiger partial charge in [-0.15, -0.1) is 0 Å². The number of para-hydroxylation sites is 1. The van der Waals surface area contributed by atoms with E-state index in [1.54, 1.807) is 6.07 Å². The molecule has 0 radical (unpaired) electrons. The topological polar surface area (TPSA) is 68.1 Å². The van der Waals surface area contributed by atoms with Crippen LogP contribution in [0.15, 0.2) is 24.4 Å². The summed E-state index contributed by atoms with van der Waals surface area (Å²) in [4.78, 5) is 14.8. The van der Waals surface area contributed by atoms with Gasteiger partial charge in [-0.3, -0.25) is 0 Å². The molecule has 1 heterocycles. The number of hydrogen-bond donors (Lipinski definition) is 2. The van der Waals surface area contributed by atoms with Crippen LogP contribution in [0.2, 0.25) is 0 Å². The Kier molecular flexibility index (Phi) is 3.13. The molecule has 0 bridgehead atoms. The zero-order chi connectivity index (χ0) is 13.3. The highest BCUT2D eigenvalue weighted by atomic mass is 16.5. The van der Waals surface area contributed by atoms with Crippen molar-refractivity contribution in [1.82, 2.24) is 4.98 Å². The molecule has 4 heteroatoms. The predicted molar refractivity (Wildman–Crippen MR) is 71.6 cm³/mol. The molecule has 18 heavy (non-hydrogen) atoms. The lowest BCUT2D eigenvalue weighted by Gasteiger charge is -2.17. The maximum atomic E-state index is 11.7. The van der Waals surface area contributed by atoms with Gasteiger partial charge in [0, 0.05) is 17.1 Å². The van der Waals surface area contributed by atoms with Gasteiger partial charge in [-0.05, 0) is 31.9 Å². The number of aromatic nitrogens is 1. The SMILES string of the molecule is COC(=O)c1cccc2c(CC(C)(C)N)c[nH]c12. The molecule has 0 saturated heterocycles. The van der Waals surface area contributed by atoms with Crippen molar-refractivity contribution in [3.05, 3.63) is 35.5 Å². The van der Waals surface area contributed by atoms with Gasteiger partial charge in [-0.25, -0.2) is 4.79 Å². The number of carbonyl (C=O) groups excluding carboxylic acids is 1. The number of aromatic amines is 1. The van der Waals surface area contributed by atoms with Gasteiger partial charge in [0.1, 0.15) is 0 Å². The summed E-state index contributed by atoms with van der Waals surface area (Å²) in [7, 11) is 1.38. The number of benzene rings is 1. The standard InChI is InChI=1S/C14H18N2O2/c1-14(2,15)7-9-8-16-12-10(9)5-4-6-11(12)13(17)18-3/h4-6,8,16H,7,15H2,1-3H3. The summed E-state index contributed by atoms with van der Waals surface area (Å²) >= 11 is 0. The van der Waals surface area contributed by atoms with E-state index >= 15 is 0 Å². The van der Waals surface area contributed by atoms with Crippen LogP contribution in [0.4, 0.5) is 0 Å². The lowest BCUT2D eigenvalue weighted by atomic mass is 9.95. The molecule has 1 aromatic carbocycles. The average molecular weight is 246 g/mol. The van der Waals surface area contributed by atoms with Gasteiger partial charge in [0.25, 0.3) is 0 Å². The minimum absolute atomic E-state index is 0.281. The number of ether oxygens (including phenoxy) is 1. The molecular weight excluding hydrogens is 228 g/mol. The van der Waals surface area contributed by atoms with Crippen molar-refractivity contribution in [1.29, 1.82) is 0 Å². The van der Waals surface area contributed by atoms with E-state index in [4.69, 9.17) is 10.5 Å². The molecule has 2 rings (SSSR count). The Labute approximate surface area is 106 Å². The highest BCUT2D eigenvalue weighted by molar-refractivity contribution is 6.03. The number of fused-ring (bicyclic) bond motifs is 1. The number of methoxy groups -OCH3 is 1. The lowest BCUT2D eigenvalue weighted by molar-refractivity contribution is 0.0603. The maximum Gasteiger partial charge on any atom is 0.339 e. The Morgan fingerprint density at radius 1 is 1.44 bits per heavy atom. The van der Waals surface area contributed by atoms with Crippen molar-refractivity contribution in [3.63, 3.8) is 0 Å². The van der Waals surface area contributed by atoms with Gasteiger partial charge in [0.2, 0.25) is 0 Å². The predicted octanol–water partition coefficient (Wildman–Crippen LogP) is 2.23. The molecule has 96 valence electrons. The van der Waals surface area contributed by atoms with Crippen LogP contribution in [-0.4, -0.2) is 23.6 Å². The number of rotatable bonds is 3. The minimum Gasteiger partial charge on any atom is -0.465 e. The summed E-state index contributed by atoms with van der Waals surface area (Å²) in [6.07, 6.45) is 2.66. The van der Waals surface area contributed by atoms with E-state index in [0.29, 0.717) is 5.56 Å². The van der Waals surface area contributed by atoms with Gasteiger partial charge in [0.05, 0.1) is 18.2 Å². The summed E-state index contributed by atoms with van der Waals surface area (Å²) in [6.45, 7) is 3.96. The second-order valence-corrected chi connectivity index (χ2v) is 5.20. The second-order valence-electron chi connectivity index (χ2n) is 5.20. The highest BCUT2D eigenvalue weighted by Crippen LogP contribution is 2.24. The zero-order valence-corrected chi connectivity index (χ0v) is 10.9. The monoisotopic (exact) mass is 246 g/mol. The van der Waals surface area contributed by atoms with Crippen LogP contribution in [0.25, 0.3) is 10.9 Å². The number of nitrogens with one attached hydrogen (secondary N) is 1. The van der Waals surface area contributed by atoms with Crippen molar-refractivity contribution in [2.45, 2.75) is 25.8 Å². The molecule has 0 atom stereocenters. The van der Waals surface area contributed by atoms with Gasteiger partial charge in [-0.1, -0.05) is 12.1 Å². The van der Waals surface area contributed by atoms with Crippen LogP contribution in [0, 0.1) is 0 Å². The molecule has 0 aliphatic carbocycles. The third-order valence-corrected chi connectivity index (χ3v) is 2.85. The van der Waals surface area contributed by atoms with E-state index in [1.165, 1.54) is 7.11 Å². The van der Waals surface area contributed by atoms with E-state index < -0.39 is 0 Å². The molecular formula is C14H18N2O2. The van der Waals surface area contributed by atoms with Crippen molar-refractivity contribution in [2.75, 3.05) is 7.11 Å². The highest BCUT2D eigenvalue weighted by Gasteiger charge is 2.17. The Morgan fingerprint density at radius 3 is 2.78 bits per heavy atom. The van der Waals surface area contributed by atoms with Gasteiger partial charge < -0.3 is 15.5 Å². The van der Waals surface area contributed by atoms with Gasteiger partial charge in [0.15, 0.2) is 0 Å². The summed E-state index contributed by atoms with van der Waals surface area (Å²) in [5.74, 6) is -0.332. The first-order valence-electron chi connectivity index (χ1n) is 5.88. The van der Waals surface area contributed by atoms with E-state index in [0.717, 1.165) is 22.9 Å². The fourth-order valence-electron chi connectivity index (χ4n) is 2.13. The van der Waals surface area contributed by atoms with Crippen molar-refractivity contribution in [3.8, 4) is 0 Å². The first-order valence-corrected chi connectivity index (χ1v) is 5.88. The largest absolute Gasteiger partial charge is 0.465 e. The van der Waals surface area contributed by atoms with Crippen LogP contribution in [0.1, 0.15) is 29.8 Å². The Morgan fingerprint density at radius 2 is 2.17 bits per heavy atom. The minimum atomic E-state index is -0.332. The van der Waals surface area contributed by atoms with Crippen LogP contribution >= 0.6 is 0 Å². The van der Waals surface area contributed by atoms with Crippen LogP contribution in [0.5, 0.6) is 0 Å². The molecule has 0 aliphatic heterocycles. The van der Waals surface area contributed by atoms with Gasteiger partial charge in [-0.2, -0.15) is 0 Å². The first-order chi connectivity index (χ1) is 8.42. The number of esters is 1. The zero-order valence-electron chi connectivity index (χ0n) is 10.9. The molecule has 0 amide bonds. The van der Waals surface area contributed by atoms with E-state index in [2.05, 4.69) is 4.98 Å². The molecule has 4 nitrogen and oxygen atoms in total. The third-order valence-electron chi connectivity index (χ3n) is 2.85. The number of carbonyl (C=O) groups is 1. The quantitative estimate of drug-likeness (QED) is 0.816. The fourth-order valence-corrected chi connectivity index (χ4v) is 2.13. The summed E-state index contributed by atoms with van der Waals surface area (Å²) < 4.78 is 4.77. The van der Waals surface area contributed by atoms with E-state index in [-0.39, 0.29) is 11.5 Å². The molecule has 0 fully saturated rings. The molecule has 0 spiro atoms. The van der Waals surface area contributed by atoms with Crippen molar-refractivity contribution < 1.29 is 9.53 Å². The maximum absolute atomic E-state index is 11.7.